The molecule has 1 aromatic carbocycles. The summed E-state index contributed by atoms with van der Waals surface area (Å²) in [4.78, 5) is 7.08. The Bertz CT molecular complexity index is 665. The van der Waals surface area contributed by atoms with Gasteiger partial charge in [0.2, 0.25) is 0 Å². The van der Waals surface area contributed by atoms with Gasteiger partial charge >= 0.3 is 0 Å². The minimum Gasteiger partial charge on any atom is -0.497 e. The number of imidazole rings is 1. The average Bonchev–Trinajstić information content (AvgIpc) is 3.12. The predicted molar refractivity (Wildman–Crippen MR) is 81.3 cm³/mol. The lowest BCUT2D eigenvalue weighted by Gasteiger charge is -2.16. The van der Waals surface area contributed by atoms with Crippen LogP contribution in [0.2, 0.25) is 0 Å². The Morgan fingerprint density at radius 2 is 2.10 bits per heavy atom. The number of nitriles is 1. The number of hydrogen-bond donors (Lipinski definition) is 0. The second kappa shape index (κ2) is 6.15. The number of aromatic nitrogens is 2. The van der Waals surface area contributed by atoms with Crippen molar-refractivity contribution in [3.8, 4) is 11.8 Å². The van der Waals surface area contributed by atoms with Gasteiger partial charge in [-0.1, -0.05) is 0 Å². The number of benzene rings is 1. The van der Waals surface area contributed by atoms with Crippen LogP contribution in [0.5, 0.6) is 5.75 Å². The maximum absolute atomic E-state index is 9.01. The van der Waals surface area contributed by atoms with E-state index < -0.39 is 0 Å². The third kappa shape index (κ3) is 2.86. The van der Waals surface area contributed by atoms with Crippen molar-refractivity contribution >= 4 is 11.0 Å². The highest BCUT2D eigenvalue weighted by Crippen LogP contribution is 2.22. The van der Waals surface area contributed by atoms with Gasteiger partial charge in [-0.3, -0.25) is 0 Å². The van der Waals surface area contributed by atoms with Gasteiger partial charge < -0.3 is 14.2 Å². The van der Waals surface area contributed by atoms with Crippen LogP contribution in [0.3, 0.4) is 0 Å². The lowest BCUT2D eigenvalue weighted by Crippen LogP contribution is -2.24. The first-order valence-corrected chi connectivity index (χ1v) is 7.44. The maximum Gasteiger partial charge on any atom is 0.124 e. The van der Waals surface area contributed by atoms with Crippen LogP contribution in [0.25, 0.3) is 11.0 Å². The summed E-state index contributed by atoms with van der Waals surface area (Å²) in [5.74, 6) is 1.65. The first-order valence-electron chi connectivity index (χ1n) is 7.44. The lowest BCUT2D eigenvalue weighted by molar-refractivity contribution is 0.323. The molecule has 0 N–H and O–H groups in total. The molecule has 1 aliphatic heterocycles. The van der Waals surface area contributed by atoms with E-state index in [0.29, 0.717) is 6.42 Å². The Morgan fingerprint density at radius 1 is 1.29 bits per heavy atom. The molecule has 0 saturated carbocycles. The molecule has 5 heteroatoms. The molecule has 21 heavy (non-hydrogen) atoms. The first-order chi connectivity index (χ1) is 10.3. The fourth-order valence-electron chi connectivity index (χ4n) is 2.99. The SMILES string of the molecule is COc1ccc2c(c1)nc(CC#N)n2CCN1CCCC1. The quantitative estimate of drug-likeness (QED) is 0.844. The molecule has 0 aliphatic carbocycles. The zero-order valence-electron chi connectivity index (χ0n) is 12.4. The third-order valence-corrected chi connectivity index (χ3v) is 4.11. The molecular weight excluding hydrogens is 264 g/mol. The van der Waals surface area contributed by atoms with Gasteiger partial charge in [0.05, 0.1) is 30.6 Å². The molecule has 1 fully saturated rings. The van der Waals surface area contributed by atoms with E-state index in [0.717, 1.165) is 35.7 Å². The molecule has 0 spiro atoms. The van der Waals surface area contributed by atoms with Crippen molar-refractivity contribution in [1.29, 1.82) is 5.26 Å². The summed E-state index contributed by atoms with van der Waals surface area (Å²) < 4.78 is 7.43. The molecular formula is C16H20N4O. The van der Waals surface area contributed by atoms with Gasteiger partial charge in [-0.15, -0.1) is 0 Å². The number of fused-ring (bicyclic) bond motifs is 1. The highest BCUT2D eigenvalue weighted by Gasteiger charge is 2.15. The van der Waals surface area contributed by atoms with Crippen molar-refractivity contribution in [2.45, 2.75) is 25.8 Å². The Balaban J connectivity index is 1.89. The molecule has 0 bridgehead atoms. The molecule has 1 aliphatic rings. The number of ether oxygens (including phenoxy) is 1. The van der Waals surface area contributed by atoms with Crippen LogP contribution in [0.15, 0.2) is 18.2 Å². The van der Waals surface area contributed by atoms with Crippen LogP contribution < -0.4 is 4.74 Å². The Morgan fingerprint density at radius 3 is 2.81 bits per heavy atom. The van der Waals surface area contributed by atoms with E-state index in [-0.39, 0.29) is 0 Å². The van der Waals surface area contributed by atoms with E-state index in [4.69, 9.17) is 10.00 Å². The van der Waals surface area contributed by atoms with Gasteiger partial charge in [0.15, 0.2) is 0 Å². The van der Waals surface area contributed by atoms with E-state index in [1.165, 1.54) is 25.9 Å². The van der Waals surface area contributed by atoms with Crippen molar-refractivity contribution in [2.75, 3.05) is 26.7 Å². The van der Waals surface area contributed by atoms with Crippen molar-refractivity contribution < 1.29 is 4.74 Å². The zero-order chi connectivity index (χ0) is 14.7. The van der Waals surface area contributed by atoms with Crippen molar-refractivity contribution in [3.63, 3.8) is 0 Å². The van der Waals surface area contributed by atoms with E-state index in [2.05, 4.69) is 20.5 Å². The summed E-state index contributed by atoms with van der Waals surface area (Å²) >= 11 is 0. The van der Waals surface area contributed by atoms with Crippen LogP contribution >= 0.6 is 0 Å². The largest absolute Gasteiger partial charge is 0.497 e. The number of hydrogen-bond acceptors (Lipinski definition) is 4. The second-order valence-electron chi connectivity index (χ2n) is 5.42. The second-order valence-corrected chi connectivity index (χ2v) is 5.42. The fraction of sp³-hybridized carbons (Fsp3) is 0.500. The van der Waals surface area contributed by atoms with Gasteiger partial charge in [-0.2, -0.15) is 5.26 Å². The summed E-state index contributed by atoms with van der Waals surface area (Å²) in [5, 5.41) is 9.01. The molecule has 1 saturated heterocycles. The van der Waals surface area contributed by atoms with Gasteiger partial charge in [0.1, 0.15) is 11.6 Å². The van der Waals surface area contributed by atoms with Crippen molar-refractivity contribution in [2.24, 2.45) is 0 Å². The monoisotopic (exact) mass is 284 g/mol. The minimum absolute atomic E-state index is 0.344. The van der Waals surface area contributed by atoms with E-state index >= 15 is 0 Å². The minimum atomic E-state index is 0.344. The van der Waals surface area contributed by atoms with Crippen molar-refractivity contribution in [3.05, 3.63) is 24.0 Å². The molecule has 0 atom stereocenters. The van der Waals surface area contributed by atoms with Gasteiger partial charge in [0, 0.05) is 19.2 Å². The Hall–Kier alpha value is -2.06. The molecule has 0 unspecified atom stereocenters. The number of likely N-dealkylation sites (tertiary alicyclic amines) is 1. The van der Waals surface area contributed by atoms with E-state index in [1.807, 2.05) is 18.2 Å². The number of nitrogens with zero attached hydrogens (tertiary/aromatic N) is 4. The van der Waals surface area contributed by atoms with E-state index in [1.54, 1.807) is 7.11 Å². The van der Waals surface area contributed by atoms with Crippen LogP contribution in [0.4, 0.5) is 0 Å². The first kappa shape index (κ1) is 13.9. The lowest BCUT2D eigenvalue weighted by atomic mass is 10.3. The zero-order valence-corrected chi connectivity index (χ0v) is 12.4. The highest BCUT2D eigenvalue weighted by molar-refractivity contribution is 5.78. The van der Waals surface area contributed by atoms with Crippen LogP contribution in [0, 0.1) is 11.3 Å². The number of rotatable bonds is 5. The molecule has 110 valence electrons. The summed E-state index contributed by atoms with van der Waals surface area (Å²) in [6, 6.07) is 8.13. The molecule has 2 heterocycles. The topological polar surface area (TPSA) is 54.1 Å². The fourth-order valence-corrected chi connectivity index (χ4v) is 2.99. The summed E-state index contributed by atoms with van der Waals surface area (Å²) in [6.45, 7) is 4.29. The molecule has 0 amide bonds. The van der Waals surface area contributed by atoms with Crippen molar-refractivity contribution in [1.82, 2.24) is 14.5 Å². The third-order valence-electron chi connectivity index (χ3n) is 4.11. The van der Waals surface area contributed by atoms with Crippen LogP contribution in [-0.4, -0.2) is 41.2 Å². The van der Waals surface area contributed by atoms with Crippen LogP contribution in [-0.2, 0) is 13.0 Å². The normalized spacial score (nSPS) is 15.4. The van der Waals surface area contributed by atoms with Gasteiger partial charge in [0.25, 0.3) is 0 Å². The smallest absolute Gasteiger partial charge is 0.124 e. The number of methoxy groups -OCH3 is 1. The molecule has 0 radical (unpaired) electrons. The molecule has 3 rings (SSSR count). The van der Waals surface area contributed by atoms with E-state index in [9.17, 15) is 0 Å². The standard InChI is InChI=1S/C16H20N4O/c1-21-13-4-5-15-14(12-13)18-16(6-7-17)20(15)11-10-19-8-2-3-9-19/h4-5,12H,2-3,6,8-11H2,1H3. The van der Waals surface area contributed by atoms with Gasteiger partial charge in [-0.25, -0.2) is 4.98 Å². The van der Waals surface area contributed by atoms with Gasteiger partial charge in [-0.05, 0) is 38.1 Å². The summed E-state index contributed by atoms with van der Waals surface area (Å²) in [7, 11) is 1.65. The Kier molecular flexibility index (Phi) is 4.07. The summed E-state index contributed by atoms with van der Waals surface area (Å²) in [6.07, 6.45) is 2.94. The van der Waals surface area contributed by atoms with Crippen LogP contribution in [0.1, 0.15) is 18.7 Å². The highest BCUT2D eigenvalue weighted by atomic mass is 16.5. The summed E-state index contributed by atoms with van der Waals surface area (Å²) in [5.41, 5.74) is 1.99. The molecule has 2 aromatic rings. The predicted octanol–water partition coefficient (Wildman–Crippen LogP) is 2.21. The Labute approximate surface area is 124 Å². The molecule has 5 nitrogen and oxygen atoms in total. The molecule has 1 aromatic heterocycles. The maximum atomic E-state index is 9.01. The average molecular weight is 284 g/mol.